The van der Waals surface area contributed by atoms with E-state index in [4.69, 9.17) is 23.2 Å². The van der Waals surface area contributed by atoms with Crippen LogP contribution in [0.3, 0.4) is 0 Å². The second-order valence-electron chi connectivity index (χ2n) is 7.71. The molecule has 0 aliphatic carbocycles. The maximum atomic E-state index is 13.0. The molecule has 0 aliphatic rings. The van der Waals surface area contributed by atoms with Gasteiger partial charge >= 0.3 is 6.18 Å². The fourth-order valence-electron chi connectivity index (χ4n) is 3.11. The average molecular weight is 415 g/mol. The van der Waals surface area contributed by atoms with Crippen LogP contribution in [0.5, 0.6) is 0 Å². The summed E-state index contributed by atoms with van der Waals surface area (Å²) in [4.78, 5) is 7.39. The third-order valence-electron chi connectivity index (χ3n) is 4.54. The Morgan fingerprint density at radius 1 is 1.07 bits per heavy atom. The monoisotopic (exact) mass is 414 g/mol. The molecule has 1 N–H and O–H groups in total. The molecule has 0 amide bonds. The molecule has 0 radical (unpaired) electrons. The molecule has 0 atom stereocenters. The first-order valence-electron chi connectivity index (χ1n) is 8.41. The van der Waals surface area contributed by atoms with Gasteiger partial charge in [0.15, 0.2) is 0 Å². The second-order valence-corrected chi connectivity index (χ2v) is 8.48. The number of benzene rings is 1. The van der Waals surface area contributed by atoms with E-state index < -0.39 is 11.7 Å². The number of aromatic amines is 1. The molecule has 3 rings (SSSR count). The van der Waals surface area contributed by atoms with Gasteiger partial charge in [-0.1, -0.05) is 44.0 Å². The van der Waals surface area contributed by atoms with E-state index in [9.17, 15) is 13.2 Å². The van der Waals surface area contributed by atoms with Gasteiger partial charge in [0.2, 0.25) is 0 Å². The summed E-state index contributed by atoms with van der Waals surface area (Å²) in [7, 11) is 0. The van der Waals surface area contributed by atoms with Crippen molar-refractivity contribution < 1.29 is 13.2 Å². The number of nitrogens with one attached hydrogen (secondary N) is 1. The highest BCUT2D eigenvalue weighted by molar-refractivity contribution is 6.35. The molecule has 3 aromatic rings. The highest BCUT2D eigenvalue weighted by Crippen LogP contribution is 2.36. The number of aromatic nitrogens is 2. The molecule has 2 nitrogen and oxygen atoms in total. The Hall–Kier alpha value is -1.72. The van der Waals surface area contributed by atoms with Gasteiger partial charge in [-0.25, -0.2) is 4.98 Å². The Bertz CT molecular complexity index is 991. The van der Waals surface area contributed by atoms with Crippen LogP contribution in [0.2, 0.25) is 10.2 Å². The standard InChI is InChI=1S/C20H19Cl2F3N2/c1-10-5-12(20(23,24)25)7-15-17(10)11(9-26-15)6-13-14(21)8-16(19(2,3)4)27-18(13)22/h5,7-9,26H,6H2,1-4H3. The lowest BCUT2D eigenvalue weighted by Crippen LogP contribution is -2.14. The summed E-state index contributed by atoms with van der Waals surface area (Å²) in [6.07, 6.45) is -2.31. The van der Waals surface area contributed by atoms with E-state index >= 15 is 0 Å². The molecule has 27 heavy (non-hydrogen) atoms. The minimum absolute atomic E-state index is 0.197. The number of hydrogen-bond donors (Lipinski definition) is 1. The summed E-state index contributed by atoms with van der Waals surface area (Å²) in [5, 5.41) is 1.56. The first-order chi connectivity index (χ1) is 12.4. The molecule has 0 spiro atoms. The minimum atomic E-state index is -4.39. The van der Waals surface area contributed by atoms with E-state index in [1.54, 1.807) is 19.2 Å². The van der Waals surface area contributed by atoms with E-state index in [0.29, 0.717) is 33.2 Å². The molecule has 1 aromatic carbocycles. The van der Waals surface area contributed by atoms with Gasteiger partial charge in [0.25, 0.3) is 0 Å². The van der Waals surface area contributed by atoms with Crippen LogP contribution in [-0.2, 0) is 18.0 Å². The highest BCUT2D eigenvalue weighted by atomic mass is 35.5. The van der Waals surface area contributed by atoms with Gasteiger partial charge in [-0.3, -0.25) is 0 Å². The number of fused-ring (bicyclic) bond motifs is 1. The first-order valence-corrected chi connectivity index (χ1v) is 9.16. The number of rotatable bonds is 2. The molecule has 0 saturated carbocycles. The molecule has 0 aliphatic heterocycles. The number of hydrogen-bond acceptors (Lipinski definition) is 1. The predicted octanol–water partition coefficient (Wildman–Crippen LogP) is 7.09. The lowest BCUT2D eigenvalue weighted by molar-refractivity contribution is -0.137. The number of pyridine rings is 1. The van der Waals surface area contributed by atoms with Crippen molar-refractivity contribution in [3.05, 3.63) is 62.5 Å². The van der Waals surface area contributed by atoms with Gasteiger partial charge < -0.3 is 4.98 Å². The number of alkyl halides is 3. The number of H-pyrrole nitrogens is 1. The van der Waals surface area contributed by atoms with Crippen LogP contribution in [0.4, 0.5) is 13.2 Å². The van der Waals surface area contributed by atoms with Gasteiger partial charge in [-0.05, 0) is 36.2 Å². The van der Waals surface area contributed by atoms with E-state index in [1.807, 2.05) is 20.8 Å². The van der Waals surface area contributed by atoms with Crippen molar-refractivity contribution in [1.82, 2.24) is 9.97 Å². The van der Waals surface area contributed by atoms with Crippen LogP contribution in [-0.4, -0.2) is 9.97 Å². The SMILES string of the molecule is Cc1cc(C(F)(F)F)cc2[nH]cc(Cc3c(Cl)cc(C(C)(C)C)nc3Cl)c12. The zero-order chi connectivity index (χ0) is 20.1. The van der Waals surface area contributed by atoms with E-state index in [1.165, 1.54) is 0 Å². The second kappa shape index (κ2) is 6.71. The van der Waals surface area contributed by atoms with E-state index in [0.717, 1.165) is 28.8 Å². The third-order valence-corrected chi connectivity index (χ3v) is 5.19. The quantitative estimate of drug-likeness (QED) is 0.445. The van der Waals surface area contributed by atoms with Crippen molar-refractivity contribution in [2.45, 2.75) is 45.7 Å². The number of halogens is 5. The zero-order valence-electron chi connectivity index (χ0n) is 15.4. The fraction of sp³-hybridized carbons (Fsp3) is 0.350. The molecule has 7 heteroatoms. The molecule has 0 bridgehead atoms. The van der Waals surface area contributed by atoms with Crippen molar-refractivity contribution >= 4 is 34.1 Å². The average Bonchev–Trinajstić information content (AvgIpc) is 2.92. The summed E-state index contributed by atoms with van der Waals surface area (Å²) in [6.45, 7) is 7.72. The van der Waals surface area contributed by atoms with Gasteiger partial charge in [0.1, 0.15) is 5.15 Å². The summed E-state index contributed by atoms with van der Waals surface area (Å²) in [5.41, 5.74) is 2.37. The molecular formula is C20H19Cl2F3N2. The predicted molar refractivity (Wildman–Crippen MR) is 104 cm³/mol. The van der Waals surface area contributed by atoms with Gasteiger partial charge in [-0.15, -0.1) is 0 Å². The van der Waals surface area contributed by atoms with Crippen molar-refractivity contribution in [1.29, 1.82) is 0 Å². The Balaban J connectivity index is 2.06. The molecule has 0 unspecified atom stereocenters. The van der Waals surface area contributed by atoms with Crippen molar-refractivity contribution in [3.63, 3.8) is 0 Å². The lowest BCUT2D eigenvalue weighted by Gasteiger charge is -2.19. The van der Waals surface area contributed by atoms with Gasteiger partial charge in [0, 0.05) is 45.2 Å². The van der Waals surface area contributed by atoms with Crippen LogP contribution in [0.15, 0.2) is 24.4 Å². The van der Waals surface area contributed by atoms with Gasteiger partial charge in [-0.2, -0.15) is 13.2 Å². The summed E-state index contributed by atoms with van der Waals surface area (Å²) in [5.74, 6) is 0. The molecule has 2 aromatic heterocycles. The number of nitrogens with zero attached hydrogens (tertiary/aromatic N) is 1. The topological polar surface area (TPSA) is 28.7 Å². The van der Waals surface area contributed by atoms with E-state index in [-0.39, 0.29) is 5.41 Å². The lowest BCUT2D eigenvalue weighted by atomic mass is 9.91. The van der Waals surface area contributed by atoms with Crippen LogP contribution in [0, 0.1) is 6.92 Å². The van der Waals surface area contributed by atoms with Gasteiger partial charge in [0.05, 0.1) is 5.56 Å². The maximum absolute atomic E-state index is 13.0. The van der Waals surface area contributed by atoms with Crippen molar-refractivity contribution in [3.8, 4) is 0 Å². The largest absolute Gasteiger partial charge is 0.416 e. The third kappa shape index (κ3) is 3.94. The summed E-state index contributed by atoms with van der Waals surface area (Å²) >= 11 is 12.8. The normalized spacial score (nSPS) is 12.8. The zero-order valence-corrected chi connectivity index (χ0v) is 16.9. The van der Waals surface area contributed by atoms with Crippen molar-refractivity contribution in [2.24, 2.45) is 0 Å². The molecule has 0 saturated heterocycles. The van der Waals surface area contributed by atoms with Crippen LogP contribution in [0.1, 0.15) is 48.7 Å². The Morgan fingerprint density at radius 2 is 1.74 bits per heavy atom. The summed E-state index contributed by atoms with van der Waals surface area (Å²) < 4.78 is 39.1. The maximum Gasteiger partial charge on any atom is 0.416 e. The van der Waals surface area contributed by atoms with E-state index in [2.05, 4.69) is 9.97 Å². The molecular weight excluding hydrogens is 396 g/mol. The number of aryl methyl sites for hydroxylation is 1. The molecule has 0 fully saturated rings. The Labute approximate surface area is 165 Å². The summed E-state index contributed by atoms with van der Waals surface area (Å²) in [6, 6.07) is 4.08. The fourth-order valence-corrected chi connectivity index (χ4v) is 3.68. The van der Waals surface area contributed by atoms with Crippen molar-refractivity contribution in [2.75, 3.05) is 0 Å². The Kier molecular flexibility index (Phi) is 4.98. The smallest absolute Gasteiger partial charge is 0.361 e. The van der Waals surface area contributed by atoms with Crippen LogP contribution >= 0.6 is 23.2 Å². The highest BCUT2D eigenvalue weighted by Gasteiger charge is 2.31. The Morgan fingerprint density at radius 3 is 2.30 bits per heavy atom. The van der Waals surface area contributed by atoms with Crippen LogP contribution < -0.4 is 0 Å². The first kappa shape index (κ1) is 20.0. The molecule has 2 heterocycles. The van der Waals surface area contributed by atoms with Crippen LogP contribution in [0.25, 0.3) is 10.9 Å². The molecule has 144 valence electrons. The minimum Gasteiger partial charge on any atom is -0.361 e.